The minimum absolute atomic E-state index is 0.147. The summed E-state index contributed by atoms with van der Waals surface area (Å²) in [5.74, 6) is 0.797. The number of ether oxygens (including phenoxy) is 1. The standard InChI is InChI=1S/C22H33ClN6O/c1-5-24-22(25-14-19-16(2)27-28(4)17(19)3)26-15-21(29-10-12-30-13-11-29)18-8-6-7-9-20(18)23/h6-9,21H,5,10-15H2,1-4H3,(H2,24,25,26). The molecule has 1 aliphatic rings. The van der Waals surface area contributed by atoms with Crippen molar-refractivity contribution in [2.75, 3.05) is 39.4 Å². The summed E-state index contributed by atoms with van der Waals surface area (Å²) in [5.41, 5.74) is 4.47. The van der Waals surface area contributed by atoms with E-state index in [-0.39, 0.29) is 6.04 Å². The fraction of sp³-hybridized carbons (Fsp3) is 0.545. The SMILES string of the molecule is CCNC(=NCc1c(C)nn(C)c1C)NCC(c1ccccc1Cl)N1CCOCC1. The molecule has 0 bridgehead atoms. The molecule has 0 aliphatic carbocycles. The van der Waals surface area contributed by atoms with Gasteiger partial charge in [-0.2, -0.15) is 5.10 Å². The Kier molecular flexibility index (Phi) is 8.13. The van der Waals surface area contributed by atoms with Crippen LogP contribution in [0.3, 0.4) is 0 Å². The van der Waals surface area contributed by atoms with Gasteiger partial charge in [-0.15, -0.1) is 0 Å². The van der Waals surface area contributed by atoms with Gasteiger partial charge in [0.1, 0.15) is 0 Å². The molecule has 1 fully saturated rings. The lowest BCUT2D eigenvalue weighted by Gasteiger charge is -2.35. The third kappa shape index (κ3) is 5.53. The van der Waals surface area contributed by atoms with Crippen LogP contribution >= 0.6 is 11.6 Å². The molecule has 1 aromatic carbocycles. The fourth-order valence-electron chi connectivity index (χ4n) is 3.81. The van der Waals surface area contributed by atoms with E-state index in [0.717, 1.165) is 60.8 Å². The molecule has 164 valence electrons. The monoisotopic (exact) mass is 432 g/mol. The Morgan fingerprint density at radius 1 is 1.23 bits per heavy atom. The lowest BCUT2D eigenvalue weighted by Crippen LogP contribution is -2.46. The van der Waals surface area contributed by atoms with E-state index < -0.39 is 0 Å². The van der Waals surface area contributed by atoms with Crippen LogP contribution in [0.25, 0.3) is 0 Å². The summed E-state index contributed by atoms with van der Waals surface area (Å²) in [6.45, 7) is 11.6. The third-order valence-electron chi connectivity index (χ3n) is 5.61. The molecule has 3 rings (SSSR count). The van der Waals surface area contributed by atoms with Crippen molar-refractivity contribution in [2.45, 2.75) is 33.4 Å². The number of morpholine rings is 1. The molecule has 2 N–H and O–H groups in total. The minimum Gasteiger partial charge on any atom is -0.379 e. The fourth-order valence-corrected chi connectivity index (χ4v) is 4.07. The van der Waals surface area contributed by atoms with Crippen molar-refractivity contribution in [3.05, 3.63) is 51.8 Å². The molecule has 30 heavy (non-hydrogen) atoms. The Balaban J connectivity index is 1.76. The molecule has 2 heterocycles. The summed E-state index contributed by atoms with van der Waals surface area (Å²) in [6.07, 6.45) is 0. The third-order valence-corrected chi connectivity index (χ3v) is 5.96. The van der Waals surface area contributed by atoms with E-state index in [4.69, 9.17) is 21.3 Å². The zero-order valence-electron chi connectivity index (χ0n) is 18.4. The predicted molar refractivity (Wildman–Crippen MR) is 122 cm³/mol. The van der Waals surface area contributed by atoms with Gasteiger partial charge in [0.15, 0.2) is 5.96 Å². The largest absolute Gasteiger partial charge is 0.379 e. The highest BCUT2D eigenvalue weighted by Gasteiger charge is 2.24. The average Bonchev–Trinajstić information content (AvgIpc) is 2.99. The van der Waals surface area contributed by atoms with E-state index in [1.807, 2.05) is 36.9 Å². The number of aliphatic imine (C=N–C) groups is 1. The highest BCUT2D eigenvalue weighted by Crippen LogP contribution is 2.27. The van der Waals surface area contributed by atoms with Gasteiger partial charge in [-0.3, -0.25) is 9.58 Å². The van der Waals surface area contributed by atoms with E-state index in [9.17, 15) is 0 Å². The van der Waals surface area contributed by atoms with Crippen molar-refractivity contribution in [3.8, 4) is 0 Å². The second kappa shape index (κ2) is 10.8. The highest BCUT2D eigenvalue weighted by molar-refractivity contribution is 6.31. The Morgan fingerprint density at radius 3 is 2.60 bits per heavy atom. The van der Waals surface area contributed by atoms with Gasteiger partial charge in [0, 0.05) is 49.5 Å². The van der Waals surface area contributed by atoms with E-state index in [0.29, 0.717) is 13.1 Å². The van der Waals surface area contributed by atoms with Crippen LogP contribution in [0.5, 0.6) is 0 Å². The van der Waals surface area contributed by atoms with E-state index >= 15 is 0 Å². The van der Waals surface area contributed by atoms with Gasteiger partial charge in [-0.1, -0.05) is 29.8 Å². The summed E-state index contributed by atoms with van der Waals surface area (Å²) in [5, 5.41) is 12.2. The zero-order valence-corrected chi connectivity index (χ0v) is 19.2. The molecular weight excluding hydrogens is 400 g/mol. The molecule has 2 aromatic rings. The van der Waals surface area contributed by atoms with Crippen LogP contribution in [-0.2, 0) is 18.3 Å². The molecule has 1 aliphatic heterocycles. The van der Waals surface area contributed by atoms with Crippen LogP contribution in [0.4, 0.5) is 0 Å². The Bertz CT molecular complexity index is 859. The summed E-state index contributed by atoms with van der Waals surface area (Å²) in [4.78, 5) is 7.24. The quantitative estimate of drug-likeness (QED) is 0.520. The minimum atomic E-state index is 0.147. The number of aromatic nitrogens is 2. The number of benzene rings is 1. The number of rotatable bonds is 7. The molecule has 1 aromatic heterocycles. The zero-order chi connectivity index (χ0) is 21.5. The first-order valence-electron chi connectivity index (χ1n) is 10.6. The summed E-state index contributed by atoms with van der Waals surface area (Å²) in [6, 6.07) is 8.23. The van der Waals surface area contributed by atoms with Crippen molar-refractivity contribution < 1.29 is 4.74 Å². The smallest absolute Gasteiger partial charge is 0.191 e. The second-order valence-electron chi connectivity index (χ2n) is 7.53. The predicted octanol–water partition coefficient (Wildman–Crippen LogP) is 2.82. The van der Waals surface area contributed by atoms with E-state index in [1.54, 1.807) is 0 Å². The maximum absolute atomic E-state index is 6.55. The van der Waals surface area contributed by atoms with Crippen LogP contribution in [0.2, 0.25) is 5.02 Å². The van der Waals surface area contributed by atoms with Crippen LogP contribution < -0.4 is 10.6 Å². The van der Waals surface area contributed by atoms with Gasteiger partial charge in [-0.05, 0) is 32.4 Å². The molecule has 0 saturated carbocycles. The lowest BCUT2D eigenvalue weighted by molar-refractivity contribution is 0.0170. The first-order valence-corrected chi connectivity index (χ1v) is 11.0. The van der Waals surface area contributed by atoms with Crippen molar-refractivity contribution >= 4 is 17.6 Å². The van der Waals surface area contributed by atoms with Crippen LogP contribution in [0, 0.1) is 13.8 Å². The Morgan fingerprint density at radius 2 is 1.97 bits per heavy atom. The number of hydrogen-bond acceptors (Lipinski definition) is 4. The van der Waals surface area contributed by atoms with Gasteiger partial charge in [0.25, 0.3) is 0 Å². The Labute approximate surface area is 184 Å². The molecule has 7 nitrogen and oxygen atoms in total. The first kappa shape index (κ1) is 22.6. The summed E-state index contributed by atoms with van der Waals surface area (Å²) >= 11 is 6.55. The van der Waals surface area contributed by atoms with E-state index in [1.165, 1.54) is 5.56 Å². The van der Waals surface area contributed by atoms with Crippen LogP contribution in [-0.4, -0.2) is 60.0 Å². The van der Waals surface area contributed by atoms with Crippen molar-refractivity contribution in [1.82, 2.24) is 25.3 Å². The van der Waals surface area contributed by atoms with E-state index in [2.05, 4.69) is 40.5 Å². The molecule has 0 spiro atoms. The second-order valence-corrected chi connectivity index (χ2v) is 7.94. The molecule has 8 heteroatoms. The molecular formula is C22H33ClN6O. The number of nitrogens with one attached hydrogen (secondary N) is 2. The number of halogens is 1. The Hall–Kier alpha value is -2.09. The summed E-state index contributed by atoms with van der Waals surface area (Å²) < 4.78 is 7.46. The number of nitrogens with zero attached hydrogens (tertiary/aromatic N) is 4. The maximum Gasteiger partial charge on any atom is 0.191 e. The van der Waals surface area contributed by atoms with Crippen molar-refractivity contribution in [1.29, 1.82) is 0 Å². The van der Waals surface area contributed by atoms with Crippen LogP contribution in [0.15, 0.2) is 29.3 Å². The maximum atomic E-state index is 6.55. The normalized spacial score (nSPS) is 16.5. The average molecular weight is 433 g/mol. The van der Waals surface area contributed by atoms with Crippen molar-refractivity contribution in [3.63, 3.8) is 0 Å². The van der Waals surface area contributed by atoms with Crippen LogP contribution in [0.1, 0.15) is 35.5 Å². The lowest BCUT2D eigenvalue weighted by atomic mass is 10.0. The van der Waals surface area contributed by atoms with Gasteiger partial charge < -0.3 is 15.4 Å². The van der Waals surface area contributed by atoms with Gasteiger partial charge in [-0.25, -0.2) is 4.99 Å². The molecule has 1 saturated heterocycles. The topological polar surface area (TPSA) is 66.7 Å². The molecule has 1 atom stereocenters. The van der Waals surface area contributed by atoms with Gasteiger partial charge in [0.2, 0.25) is 0 Å². The molecule has 0 radical (unpaired) electrons. The highest BCUT2D eigenvalue weighted by atomic mass is 35.5. The number of guanidine groups is 1. The van der Waals surface area contributed by atoms with Gasteiger partial charge >= 0.3 is 0 Å². The van der Waals surface area contributed by atoms with Gasteiger partial charge in [0.05, 0.1) is 31.5 Å². The van der Waals surface area contributed by atoms with Crippen molar-refractivity contribution in [2.24, 2.45) is 12.0 Å². The molecule has 0 amide bonds. The number of hydrogen-bond donors (Lipinski definition) is 2. The first-order chi connectivity index (χ1) is 14.5. The number of aryl methyl sites for hydroxylation is 2. The molecule has 1 unspecified atom stereocenters. The summed E-state index contributed by atoms with van der Waals surface area (Å²) in [7, 11) is 1.97.